The van der Waals surface area contributed by atoms with E-state index in [0.29, 0.717) is 11.3 Å². The molecule has 18 heavy (non-hydrogen) atoms. The second kappa shape index (κ2) is 5.63. The number of carbonyl (C=O) groups excluding carboxylic acids is 1. The van der Waals surface area contributed by atoms with Crippen LogP contribution in [0, 0.1) is 22.2 Å². The lowest BCUT2D eigenvalue weighted by atomic mass is 9.72. The van der Waals surface area contributed by atoms with Gasteiger partial charge in [-0.05, 0) is 23.2 Å². The van der Waals surface area contributed by atoms with Gasteiger partial charge < -0.3 is 5.32 Å². The molecule has 0 aliphatic carbocycles. The fourth-order valence-electron chi connectivity index (χ4n) is 1.90. The van der Waals surface area contributed by atoms with Crippen molar-refractivity contribution >= 4 is 5.91 Å². The molecule has 0 aromatic rings. The minimum Gasteiger partial charge on any atom is -0.355 e. The quantitative estimate of drug-likeness (QED) is 0.802. The van der Waals surface area contributed by atoms with E-state index in [1.807, 2.05) is 20.8 Å². The van der Waals surface area contributed by atoms with E-state index in [0.717, 1.165) is 13.0 Å². The Morgan fingerprint density at radius 1 is 0.944 bits per heavy atom. The molecule has 1 atom stereocenters. The average Bonchev–Trinajstić information content (AvgIpc) is 2.06. The molecule has 0 aromatic carbocycles. The van der Waals surface area contributed by atoms with Gasteiger partial charge in [-0.1, -0.05) is 62.3 Å². The Kier molecular flexibility index (Phi) is 5.46. The highest BCUT2D eigenvalue weighted by atomic mass is 16.2. The van der Waals surface area contributed by atoms with Gasteiger partial charge in [0.15, 0.2) is 0 Å². The molecule has 0 fully saturated rings. The van der Waals surface area contributed by atoms with Gasteiger partial charge in [-0.3, -0.25) is 4.79 Å². The molecule has 0 radical (unpaired) electrons. The first-order chi connectivity index (χ1) is 7.73. The van der Waals surface area contributed by atoms with Gasteiger partial charge in [0.1, 0.15) is 0 Å². The Morgan fingerprint density at radius 3 is 1.67 bits per heavy atom. The highest BCUT2D eigenvalue weighted by Crippen LogP contribution is 2.35. The normalized spacial score (nSPS) is 15.4. The Hall–Kier alpha value is -0.530. The molecule has 0 saturated carbocycles. The maximum Gasteiger partial charge on any atom is 0.225 e. The zero-order valence-corrected chi connectivity index (χ0v) is 13.9. The predicted octanol–water partition coefficient (Wildman–Crippen LogP) is 4.25. The van der Waals surface area contributed by atoms with Crippen molar-refractivity contribution in [3.05, 3.63) is 0 Å². The number of rotatable bonds is 3. The van der Waals surface area contributed by atoms with E-state index in [4.69, 9.17) is 0 Å². The maximum absolute atomic E-state index is 12.0. The van der Waals surface area contributed by atoms with Crippen LogP contribution in [0.15, 0.2) is 0 Å². The second-order valence-electron chi connectivity index (χ2n) is 8.79. The van der Waals surface area contributed by atoms with Crippen LogP contribution >= 0.6 is 0 Å². The first-order valence-electron chi connectivity index (χ1n) is 7.02. The number of hydrogen-bond acceptors (Lipinski definition) is 1. The van der Waals surface area contributed by atoms with Gasteiger partial charge in [0.05, 0.1) is 0 Å². The summed E-state index contributed by atoms with van der Waals surface area (Å²) in [5, 5.41) is 3.11. The Bertz CT molecular complexity index is 273. The number of hydrogen-bond donors (Lipinski definition) is 1. The van der Waals surface area contributed by atoms with Crippen LogP contribution in [-0.4, -0.2) is 12.5 Å². The highest BCUT2D eigenvalue weighted by Gasteiger charge is 2.30. The summed E-state index contributed by atoms with van der Waals surface area (Å²) < 4.78 is 0. The SMILES string of the molecule is CC(C)(C)CC(CNC(=O)C(C)(C)C)C(C)(C)C. The molecule has 108 valence electrons. The van der Waals surface area contributed by atoms with Crippen molar-refractivity contribution in [1.82, 2.24) is 5.32 Å². The van der Waals surface area contributed by atoms with Crippen LogP contribution in [0.4, 0.5) is 0 Å². The van der Waals surface area contributed by atoms with Gasteiger partial charge in [0.2, 0.25) is 5.91 Å². The predicted molar refractivity (Wildman–Crippen MR) is 79.5 cm³/mol. The van der Waals surface area contributed by atoms with Crippen LogP contribution in [0.2, 0.25) is 0 Å². The number of nitrogens with one attached hydrogen (secondary N) is 1. The zero-order valence-electron chi connectivity index (χ0n) is 13.9. The monoisotopic (exact) mass is 255 g/mol. The minimum absolute atomic E-state index is 0.144. The summed E-state index contributed by atoms with van der Waals surface area (Å²) in [5.41, 5.74) is 0.215. The first-order valence-corrected chi connectivity index (χ1v) is 7.02. The average molecular weight is 255 g/mol. The van der Waals surface area contributed by atoms with Crippen molar-refractivity contribution in [1.29, 1.82) is 0 Å². The van der Waals surface area contributed by atoms with Crippen LogP contribution < -0.4 is 5.32 Å². The molecule has 2 nitrogen and oxygen atoms in total. The summed E-state index contributed by atoms with van der Waals surface area (Å²) in [6.07, 6.45) is 1.13. The molecule has 0 aromatic heterocycles. The number of carbonyl (C=O) groups is 1. The van der Waals surface area contributed by atoms with Crippen LogP contribution in [0.5, 0.6) is 0 Å². The lowest BCUT2D eigenvalue weighted by Gasteiger charge is -2.36. The molecule has 1 amide bonds. The van der Waals surface area contributed by atoms with E-state index in [-0.39, 0.29) is 16.7 Å². The second-order valence-corrected chi connectivity index (χ2v) is 8.79. The molecule has 1 N–H and O–H groups in total. The van der Waals surface area contributed by atoms with Crippen LogP contribution in [0.25, 0.3) is 0 Å². The van der Waals surface area contributed by atoms with Gasteiger partial charge >= 0.3 is 0 Å². The molecule has 0 bridgehead atoms. The molecule has 0 saturated heterocycles. The van der Waals surface area contributed by atoms with E-state index in [1.54, 1.807) is 0 Å². The van der Waals surface area contributed by atoms with Crippen molar-refractivity contribution in [2.45, 2.75) is 68.7 Å². The van der Waals surface area contributed by atoms with Crippen LogP contribution in [-0.2, 0) is 4.79 Å². The molecule has 1 unspecified atom stereocenters. The van der Waals surface area contributed by atoms with Gasteiger partial charge in [0.25, 0.3) is 0 Å². The largest absolute Gasteiger partial charge is 0.355 e. The molecule has 0 rings (SSSR count). The summed E-state index contributed by atoms with van der Waals surface area (Å²) in [7, 11) is 0. The maximum atomic E-state index is 12.0. The summed E-state index contributed by atoms with van der Waals surface area (Å²) in [5.74, 6) is 0.648. The third-order valence-electron chi connectivity index (χ3n) is 3.27. The van der Waals surface area contributed by atoms with Gasteiger partial charge in [-0.2, -0.15) is 0 Å². The Morgan fingerprint density at radius 2 is 1.39 bits per heavy atom. The van der Waals surface area contributed by atoms with E-state index >= 15 is 0 Å². The summed E-state index contributed by atoms with van der Waals surface area (Å²) in [6, 6.07) is 0. The molecule has 2 heteroatoms. The minimum atomic E-state index is -0.301. The zero-order chi connectivity index (χ0) is 14.8. The molecular formula is C16H33NO. The smallest absolute Gasteiger partial charge is 0.225 e. The van der Waals surface area contributed by atoms with Crippen molar-refractivity contribution in [2.75, 3.05) is 6.54 Å². The molecule has 0 aliphatic rings. The third kappa shape index (κ3) is 7.03. The molecule has 0 aliphatic heterocycles. The van der Waals surface area contributed by atoms with E-state index in [9.17, 15) is 4.79 Å². The Balaban J connectivity index is 4.60. The summed E-state index contributed by atoms with van der Waals surface area (Å²) in [4.78, 5) is 12.0. The van der Waals surface area contributed by atoms with E-state index in [2.05, 4.69) is 46.9 Å². The van der Waals surface area contributed by atoms with Crippen molar-refractivity contribution in [3.8, 4) is 0 Å². The van der Waals surface area contributed by atoms with Crippen LogP contribution in [0.1, 0.15) is 68.7 Å². The van der Waals surface area contributed by atoms with Crippen molar-refractivity contribution < 1.29 is 4.79 Å². The lowest BCUT2D eigenvalue weighted by Crippen LogP contribution is -2.41. The standard InChI is InChI=1S/C16H33NO/c1-14(2,3)10-12(15(4,5)6)11-17-13(18)16(7,8)9/h12H,10-11H2,1-9H3,(H,17,18). The molecular weight excluding hydrogens is 222 g/mol. The number of amides is 1. The van der Waals surface area contributed by atoms with Crippen molar-refractivity contribution in [2.24, 2.45) is 22.2 Å². The van der Waals surface area contributed by atoms with Gasteiger partial charge in [-0.15, -0.1) is 0 Å². The van der Waals surface area contributed by atoms with Crippen LogP contribution in [0.3, 0.4) is 0 Å². The fourth-order valence-corrected chi connectivity index (χ4v) is 1.90. The fraction of sp³-hybridized carbons (Fsp3) is 0.938. The Labute approximate surface area is 114 Å². The highest BCUT2D eigenvalue weighted by molar-refractivity contribution is 5.81. The lowest BCUT2D eigenvalue weighted by molar-refractivity contribution is -0.128. The van der Waals surface area contributed by atoms with Gasteiger partial charge in [-0.25, -0.2) is 0 Å². The van der Waals surface area contributed by atoms with E-state index in [1.165, 1.54) is 0 Å². The summed E-state index contributed by atoms with van der Waals surface area (Å²) >= 11 is 0. The third-order valence-corrected chi connectivity index (χ3v) is 3.27. The van der Waals surface area contributed by atoms with E-state index < -0.39 is 0 Å². The summed E-state index contributed by atoms with van der Waals surface area (Å²) in [6.45, 7) is 20.2. The first kappa shape index (κ1) is 17.5. The van der Waals surface area contributed by atoms with Crippen molar-refractivity contribution in [3.63, 3.8) is 0 Å². The molecule has 0 spiro atoms. The molecule has 0 heterocycles. The van der Waals surface area contributed by atoms with Gasteiger partial charge in [0, 0.05) is 12.0 Å². The topological polar surface area (TPSA) is 29.1 Å².